The molecule has 2 heterocycles. The number of fused-ring (bicyclic) bond motifs is 2. The van der Waals surface area contributed by atoms with Crippen LogP contribution in [-0.4, -0.2) is 41.9 Å². The summed E-state index contributed by atoms with van der Waals surface area (Å²) in [5, 5.41) is 3.08. The Balaban J connectivity index is 1.37. The first-order valence-corrected chi connectivity index (χ1v) is 10.4. The van der Waals surface area contributed by atoms with Crippen molar-refractivity contribution in [3.8, 4) is 11.5 Å². The van der Waals surface area contributed by atoms with Gasteiger partial charge in [-0.15, -0.1) is 0 Å². The molecule has 0 spiro atoms. The molecule has 0 bridgehead atoms. The Hall–Kier alpha value is -3.35. The third-order valence-electron chi connectivity index (χ3n) is 5.68. The van der Waals surface area contributed by atoms with Crippen molar-refractivity contribution in [2.24, 2.45) is 0 Å². The summed E-state index contributed by atoms with van der Waals surface area (Å²) in [6, 6.07) is 12.2. The lowest BCUT2D eigenvalue weighted by atomic mass is 9.89. The highest BCUT2D eigenvalue weighted by Crippen LogP contribution is 2.41. The molecule has 1 atom stereocenters. The van der Waals surface area contributed by atoms with E-state index >= 15 is 0 Å². The SMILES string of the molecule is COc1ccc2c(c1)OC(C)(C)CC2NC(=O)CCCN1C(=O)c2ccccc2C1=O. The van der Waals surface area contributed by atoms with Crippen molar-refractivity contribution in [3.05, 3.63) is 59.2 Å². The smallest absolute Gasteiger partial charge is 0.261 e. The van der Waals surface area contributed by atoms with Crippen LogP contribution in [0.25, 0.3) is 0 Å². The topological polar surface area (TPSA) is 84.9 Å². The standard InChI is InChI=1S/C24H26N2O5/c1-24(2)14-19(18-11-10-15(30-3)13-20(18)31-24)25-21(27)9-6-12-26-22(28)16-7-4-5-8-17(16)23(26)29/h4-5,7-8,10-11,13,19H,6,9,12,14H2,1-3H3,(H,25,27). The monoisotopic (exact) mass is 422 g/mol. The molecule has 0 fully saturated rings. The molecule has 2 aromatic rings. The van der Waals surface area contributed by atoms with Gasteiger partial charge < -0.3 is 14.8 Å². The zero-order valence-electron chi connectivity index (χ0n) is 17.9. The van der Waals surface area contributed by atoms with E-state index in [1.165, 1.54) is 4.90 Å². The van der Waals surface area contributed by atoms with E-state index in [0.717, 1.165) is 5.56 Å². The van der Waals surface area contributed by atoms with E-state index in [4.69, 9.17) is 9.47 Å². The van der Waals surface area contributed by atoms with E-state index in [1.807, 2.05) is 32.0 Å². The Bertz CT molecular complexity index is 1010. The number of nitrogens with zero attached hydrogens (tertiary/aromatic N) is 1. The van der Waals surface area contributed by atoms with E-state index in [1.54, 1.807) is 31.4 Å². The van der Waals surface area contributed by atoms with Gasteiger partial charge in [0.1, 0.15) is 17.1 Å². The van der Waals surface area contributed by atoms with Crippen molar-refractivity contribution in [1.82, 2.24) is 10.2 Å². The third-order valence-corrected chi connectivity index (χ3v) is 5.68. The van der Waals surface area contributed by atoms with E-state index in [0.29, 0.717) is 35.5 Å². The molecule has 7 heteroatoms. The highest BCUT2D eigenvalue weighted by Gasteiger charge is 2.36. The van der Waals surface area contributed by atoms with Crippen LogP contribution in [-0.2, 0) is 4.79 Å². The molecule has 3 amide bonds. The Morgan fingerprint density at radius 3 is 2.48 bits per heavy atom. The second kappa shape index (κ2) is 8.06. The Morgan fingerprint density at radius 2 is 1.84 bits per heavy atom. The molecule has 0 radical (unpaired) electrons. The van der Waals surface area contributed by atoms with Crippen LogP contribution in [0.1, 0.15) is 65.4 Å². The molecule has 0 saturated heterocycles. The number of benzene rings is 2. The normalized spacial score (nSPS) is 18.8. The number of carbonyl (C=O) groups is 3. The number of hydrogen-bond donors (Lipinski definition) is 1. The lowest BCUT2D eigenvalue weighted by molar-refractivity contribution is -0.122. The van der Waals surface area contributed by atoms with Gasteiger partial charge in [0, 0.05) is 31.0 Å². The Labute approximate surface area is 181 Å². The highest BCUT2D eigenvalue weighted by atomic mass is 16.5. The van der Waals surface area contributed by atoms with Crippen LogP contribution in [0.5, 0.6) is 11.5 Å². The first-order chi connectivity index (χ1) is 14.8. The van der Waals surface area contributed by atoms with Gasteiger partial charge in [-0.05, 0) is 44.5 Å². The van der Waals surface area contributed by atoms with Crippen LogP contribution in [0.4, 0.5) is 0 Å². The fourth-order valence-electron chi connectivity index (χ4n) is 4.19. The van der Waals surface area contributed by atoms with Crippen molar-refractivity contribution >= 4 is 17.7 Å². The van der Waals surface area contributed by atoms with Crippen molar-refractivity contribution in [1.29, 1.82) is 0 Å². The maximum atomic E-state index is 12.6. The number of nitrogens with one attached hydrogen (secondary N) is 1. The quantitative estimate of drug-likeness (QED) is 0.721. The van der Waals surface area contributed by atoms with Gasteiger partial charge in [-0.1, -0.05) is 12.1 Å². The summed E-state index contributed by atoms with van der Waals surface area (Å²) >= 11 is 0. The maximum absolute atomic E-state index is 12.6. The second-order valence-corrected chi connectivity index (χ2v) is 8.50. The van der Waals surface area contributed by atoms with E-state index < -0.39 is 5.60 Å². The minimum absolute atomic E-state index is 0.124. The zero-order chi connectivity index (χ0) is 22.2. The largest absolute Gasteiger partial charge is 0.497 e. The van der Waals surface area contributed by atoms with Crippen LogP contribution in [0.15, 0.2) is 42.5 Å². The molecular formula is C24H26N2O5. The maximum Gasteiger partial charge on any atom is 0.261 e. The minimum Gasteiger partial charge on any atom is -0.497 e. The molecule has 4 rings (SSSR count). The number of rotatable bonds is 6. The summed E-state index contributed by atoms with van der Waals surface area (Å²) < 4.78 is 11.3. The average Bonchev–Trinajstić information content (AvgIpc) is 2.97. The minimum atomic E-state index is -0.433. The van der Waals surface area contributed by atoms with Crippen molar-refractivity contribution in [2.45, 2.75) is 44.8 Å². The molecule has 0 aliphatic carbocycles. The second-order valence-electron chi connectivity index (χ2n) is 8.50. The summed E-state index contributed by atoms with van der Waals surface area (Å²) in [6.45, 7) is 4.18. The molecule has 31 heavy (non-hydrogen) atoms. The number of carbonyl (C=O) groups excluding carboxylic acids is 3. The van der Waals surface area contributed by atoms with Crippen LogP contribution in [0.2, 0.25) is 0 Å². The fourth-order valence-corrected chi connectivity index (χ4v) is 4.19. The molecule has 1 unspecified atom stereocenters. The molecule has 2 aliphatic rings. The lowest BCUT2D eigenvalue weighted by Crippen LogP contribution is -2.41. The number of hydrogen-bond acceptors (Lipinski definition) is 5. The van der Waals surface area contributed by atoms with E-state index in [2.05, 4.69) is 5.32 Å². The van der Waals surface area contributed by atoms with Gasteiger partial charge in [-0.3, -0.25) is 19.3 Å². The molecule has 0 saturated carbocycles. The lowest BCUT2D eigenvalue weighted by Gasteiger charge is -2.38. The van der Waals surface area contributed by atoms with Crippen LogP contribution in [0, 0.1) is 0 Å². The fraction of sp³-hybridized carbons (Fsp3) is 0.375. The third kappa shape index (κ3) is 4.13. The first kappa shape index (κ1) is 20.9. The van der Waals surface area contributed by atoms with Gasteiger partial charge in [-0.2, -0.15) is 0 Å². The van der Waals surface area contributed by atoms with Gasteiger partial charge in [0.25, 0.3) is 11.8 Å². The van der Waals surface area contributed by atoms with E-state index in [9.17, 15) is 14.4 Å². The molecular weight excluding hydrogens is 396 g/mol. The van der Waals surface area contributed by atoms with Gasteiger partial charge in [0.2, 0.25) is 5.91 Å². The molecule has 2 aromatic carbocycles. The van der Waals surface area contributed by atoms with E-state index in [-0.39, 0.29) is 36.7 Å². The average molecular weight is 422 g/mol. The van der Waals surface area contributed by atoms with Crippen LogP contribution >= 0.6 is 0 Å². The number of ether oxygens (including phenoxy) is 2. The zero-order valence-corrected chi connectivity index (χ0v) is 17.9. The molecule has 0 aromatic heterocycles. The number of imide groups is 1. The summed E-state index contributed by atoms with van der Waals surface area (Å²) in [5.74, 6) is 0.681. The molecule has 2 aliphatic heterocycles. The summed E-state index contributed by atoms with van der Waals surface area (Å²) in [5.41, 5.74) is 1.33. The van der Waals surface area contributed by atoms with Crippen molar-refractivity contribution < 1.29 is 23.9 Å². The number of methoxy groups -OCH3 is 1. The van der Waals surface area contributed by atoms with Crippen molar-refractivity contribution in [3.63, 3.8) is 0 Å². The summed E-state index contributed by atoms with van der Waals surface area (Å²) in [7, 11) is 1.60. The predicted octanol–water partition coefficient (Wildman–Crippen LogP) is 3.49. The summed E-state index contributed by atoms with van der Waals surface area (Å²) in [6.07, 6.45) is 1.26. The molecule has 7 nitrogen and oxygen atoms in total. The van der Waals surface area contributed by atoms with Gasteiger partial charge in [-0.25, -0.2) is 0 Å². The Kier molecular flexibility index (Phi) is 5.43. The van der Waals surface area contributed by atoms with Crippen LogP contribution in [0.3, 0.4) is 0 Å². The molecule has 1 N–H and O–H groups in total. The number of amides is 3. The summed E-state index contributed by atoms with van der Waals surface area (Å²) in [4.78, 5) is 38.7. The Morgan fingerprint density at radius 1 is 1.16 bits per heavy atom. The van der Waals surface area contributed by atoms with Gasteiger partial charge >= 0.3 is 0 Å². The highest BCUT2D eigenvalue weighted by molar-refractivity contribution is 6.21. The first-order valence-electron chi connectivity index (χ1n) is 10.4. The van der Waals surface area contributed by atoms with Crippen molar-refractivity contribution in [2.75, 3.05) is 13.7 Å². The van der Waals surface area contributed by atoms with Crippen LogP contribution < -0.4 is 14.8 Å². The van der Waals surface area contributed by atoms with Gasteiger partial charge in [0.15, 0.2) is 0 Å². The predicted molar refractivity (Wildman–Crippen MR) is 114 cm³/mol. The molecule has 162 valence electrons. The van der Waals surface area contributed by atoms with Gasteiger partial charge in [0.05, 0.1) is 24.3 Å².